The molecule has 4 heteroatoms. The minimum Gasteiger partial charge on any atom is -0.349 e. The normalized spacial score (nSPS) is 10.2. The van der Waals surface area contributed by atoms with Crippen LogP contribution in [0.15, 0.2) is 91.8 Å². The van der Waals surface area contributed by atoms with E-state index in [1.165, 1.54) is 5.56 Å². The van der Waals surface area contributed by atoms with E-state index in [-0.39, 0.29) is 5.91 Å². The largest absolute Gasteiger partial charge is 0.349 e. The van der Waals surface area contributed by atoms with Gasteiger partial charge in [-0.2, -0.15) is 0 Å². The van der Waals surface area contributed by atoms with E-state index in [0.717, 1.165) is 11.4 Å². The smallest absolute Gasteiger partial charge is 0.253 e. The van der Waals surface area contributed by atoms with E-state index < -0.39 is 0 Å². The third-order valence-electron chi connectivity index (χ3n) is 3.96. The van der Waals surface area contributed by atoms with Crippen LogP contribution in [0.3, 0.4) is 0 Å². The molecule has 1 heterocycles. The lowest BCUT2D eigenvalue weighted by molar-refractivity contribution is 0.0957. The van der Waals surface area contributed by atoms with Crippen molar-refractivity contribution in [2.45, 2.75) is 6.54 Å². The molecule has 0 saturated heterocycles. The minimum atomic E-state index is -0.160. The summed E-state index contributed by atoms with van der Waals surface area (Å²) in [5.41, 5.74) is 3.62. The molecule has 3 rings (SSSR count). The summed E-state index contributed by atoms with van der Waals surface area (Å²) in [6.07, 6.45) is 5.01. The van der Waals surface area contributed by atoms with Crippen LogP contribution >= 0.6 is 0 Å². The summed E-state index contributed by atoms with van der Waals surface area (Å²) < 4.78 is 0. The average molecular weight is 343 g/mol. The van der Waals surface area contributed by atoms with Gasteiger partial charge in [0.1, 0.15) is 0 Å². The standard InChI is InChI=1S/C22H21N3O/c1-2-13-24-22(26)19-14-21(16-23-15-19)25(20-11-7-4-8-12-20)17-18-9-5-3-6-10-18/h2-12,14-16H,1,13,17H2,(H,24,26). The van der Waals surface area contributed by atoms with Crippen LogP contribution in [0.1, 0.15) is 15.9 Å². The van der Waals surface area contributed by atoms with Gasteiger partial charge in [-0.1, -0.05) is 54.6 Å². The van der Waals surface area contributed by atoms with Crippen molar-refractivity contribution in [2.24, 2.45) is 0 Å². The molecule has 3 aromatic rings. The molecule has 0 bridgehead atoms. The Bertz CT molecular complexity index is 863. The zero-order chi connectivity index (χ0) is 18.2. The summed E-state index contributed by atoms with van der Waals surface area (Å²) in [5.74, 6) is -0.160. The van der Waals surface area contributed by atoms with Crippen LogP contribution in [0.2, 0.25) is 0 Å². The van der Waals surface area contributed by atoms with Crippen molar-refractivity contribution < 1.29 is 4.79 Å². The van der Waals surface area contributed by atoms with E-state index in [0.29, 0.717) is 18.7 Å². The maximum absolute atomic E-state index is 12.3. The van der Waals surface area contributed by atoms with Gasteiger partial charge in [0.2, 0.25) is 0 Å². The van der Waals surface area contributed by atoms with Gasteiger partial charge in [0, 0.05) is 25.0 Å². The molecule has 4 nitrogen and oxygen atoms in total. The molecule has 0 radical (unpaired) electrons. The molecule has 130 valence electrons. The zero-order valence-corrected chi connectivity index (χ0v) is 14.5. The Labute approximate surface area is 153 Å². The van der Waals surface area contributed by atoms with Crippen LogP contribution < -0.4 is 10.2 Å². The van der Waals surface area contributed by atoms with E-state index in [2.05, 4.69) is 33.9 Å². The molecule has 1 aromatic heterocycles. The van der Waals surface area contributed by atoms with E-state index in [1.54, 1.807) is 18.5 Å². The molecule has 0 fully saturated rings. The Kier molecular flexibility index (Phi) is 5.78. The van der Waals surface area contributed by atoms with Crippen LogP contribution in [0.5, 0.6) is 0 Å². The second-order valence-electron chi connectivity index (χ2n) is 5.84. The Morgan fingerprint density at radius 1 is 1.00 bits per heavy atom. The fourth-order valence-electron chi connectivity index (χ4n) is 2.67. The molecule has 0 atom stereocenters. The third-order valence-corrected chi connectivity index (χ3v) is 3.96. The lowest BCUT2D eigenvalue weighted by Crippen LogP contribution is -2.24. The molecule has 0 saturated carbocycles. The summed E-state index contributed by atoms with van der Waals surface area (Å²) >= 11 is 0. The fraction of sp³-hybridized carbons (Fsp3) is 0.0909. The number of anilines is 2. The van der Waals surface area contributed by atoms with Crippen molar-refractivity contribution >= 4 is 17.3 Å². The number of pyridine rings is 1. The Morgan fingerprint density at radius 2 is 1.69 bits per heavy atom. The van der Waals surface area contributed by atoms with Gasteiger partial charge in [0.15, 0.2) is 0 Å². The molecule has 0 aliphatic carbocycles. The van der Waals surface area contributed by atoms with E-state index in [9.17, 15) is 4.79 Å². The summed E-state index contributed by atoms with van der Waals surface area (Å²) in [5, 5.41) is 2.79. The minimum absolute atomic E-state index is 0.160. The van der Waals surface area contributed by atoms with Gasteiger partial charge in [0.05, 0.1) is 17.4 Å². The zero-order valence-electron chi connectivity index (χ0n) is 14.5. The number of para-hydroxylation sites is 1. The molecule has 0 aliphatic rings. The molecule has 0 unspecified atom stereocenters. The maximum Gasteiger partial charge on any atom is 0.253 e. The first-order chi connectivity index (χ1) is 12.8. The lowest BCUT2D eigenvalue weighted by atomic mass is 10.1. The first-order valence-corrected chi connectivity index (χ1v) is 8.48. The average Bonchev–Trinajstić information content (AvgIpc) is 2.71. The highest BCUT2D eigenvalue weighted by Gasteiger charge is 2.13. The summed E-state index contributed by atoms with van der Waals surface area (Å²) in [7, 11) is 0. The van der Waals surface area contributed by atoms with Crippen LogP contribution in [0.25, 0.3) is 0 Å². The van der Waals surface area contributed by atoms with E-state index in [4.69, 9.17) is 0 Å². The Hall–Kier alpha value is -3.40. The number of aromatic nitrogens is 1. The predicted octanol–water partition coefficient (Wildman–Crippen LogP) is 4.34. The Morgan fingerprint density at radius 3 is 2.38 bits per heavy atom. The summed E-state index contributed by atoms with van der Waals surface area (Å²) in [6, 6.07) is 22.2. The second kappa shape index (κ2) is 8.62. The van der Waals surface area contributed by atoms with Crippen LogP contribution in [-0.4, -0.2) is 17.4 Å². The van der Waals surface area contributed by atoms with Crippen molar-refractivity contribution in [3.05, 3.63) is 103 Å². The highest BCUT2D eigenvalue weighted by Crippen LogP contribution is 2.27. The number of hydrogen-bond donors (Lipinski definition) is 1. The molecule has 0 aliphatic heterocycles. The van der Waals surface area contributed by atoms with Gasteiger partial charge < -0.3 is 10.2 Å². The first kappa shape index (κ1) is 17.4. The van der Waals surface area contributed by atoms with Crippen molar-refractivity contribution in [2.75, 3.05) is 11.4 Å². The molecule has 0 spiro atoms. The summed E-state index contributed by atoms with van der Waals surface area (Å²) in [4.78, 5) is 18.7. The van der Waals surface area contributed by atoms with E-state index in [1.807, 2.05) is 54.6 Å². The van der Waals surface area contributed by atoms with Crippen molar-refractivity contribution in [1.82, 2.24) is 10.3 Å². The fourth-order valence-corrected chi connectivity index (χ4v) is 2.67. The second-order valence-corrected chi connectivity index (χ2v) is 5.84. The molecule has 2 aromatic carbocycles. The van der Waals surface area contributed by atoms with Gasteiger partial charge in [-0.25, -0.2) is 0 Å². The number of nitrogens with zero attached hydrogens (tertiary/aromatic N) is 2. The van der Waals surface area contributed by atoms with Crippen molar-refractivity contribution in [3.63, 3.8) is 0 Å². The van der Waals surface area contributed by atoms with Gasteiger partial charge in [-0.05, 0) is 23.8 Å². The number of hydrogen-bond acceptors (Lipinski definition) is 3. The van der Waals surface area contributed by atoms with Gasteiger partial charge in [-0.3, -0.25) is 9.78 Å². The number of amides is 1. The number of rotatable bonds is 7. The number of carbonyl (C=O) groups is 1. The van der Waals surface area contributed by atoms with E-state index >= 15 is 0 Å². The topological polar surface area (TPSA) is 45.2 Å². The molecule has 1 N–H and O–H groups in total. The molecular formula is C22H21N3O. The monoisotopic (exact) mass is 343 g/mol. The maximum atomic E-state index is 12.3. The highest BCUT2D eigenvalue weighted by atomic mass is 16.1. The lowest BCUT2D eigenvalue weighted by Gasteiger charge is -2.25. The van der Waals surface area contributed by atoms with Gasteiger partial charge >= 0.3 is 0 Å². The highest BCUT2D eigenvalue weighted by molar-refractivity contribution is 5.95. The third kappa shape index (κ3) is 4.36. The van der Waals surface area contributed by atoms with Crippen LogP contribution in [0, 0.1) is 0 Å². The summed E-state index contributed by atoms with van der Waals surface area (Å²) in [6.45, 7) is 4.73. The molecular weight excluding hydrogens is 322 g/mol. The molecule has 1 amide bonds. The Balaban J connectivity index is 1.94. The van der Waals surface area contributed by atoms with Crippen molar-refractivity contribution in [3.8, 4) is 0 Å². The quantitative estimate of drug-likeness (QED) is 0.649. The molecule has 26 heavy (non-hydrogen) atoms. The number of carbonyl (C=O) groups excluding carboxylic acids is 1. The number of nitrogens with one attached hydrogen (secondary N) is 1. The van der Waals surface area contributed by atoms with Gasteiger partial charge in [-0.15, -0.1) is 6.58 Å². The van der Waals surface area contributed by atoms with Crippen molar-refractivity contribution in [1.29, 1.82) is 0 Å². The number of benzene rings is 2. The SMILES string of the molecule is C=CCNC(=O)c1cncc(N(Cc2ccccc2)c2ccccc2)c1. The van der Waals surface area contributed by atoms with Crippen LogP contribution in [0.4, 0.5) is 11.4 Å². The predicted molar refractivity (Wildman–Crippen MR) is 105 cm³/mol. The van der Waals surface area contributed by atoms with Crippen LogP contribution in [-0.2, 0) is 6.54 Å². The van der Waals surface area contributed by atoms with Gasteiger partial charge in [0.25, 0.3) is 5.91 Å². The first-order valence-electron chi connectivity index (χ1n) is 8.48.